The van der Waals surface area contributed by atoms with Crippen LogP contribution in [0.5, 0.6) is 18.0 Å². The Morgan fingerprint density at radius 2 is 0.625 bits per heavy atom. The van der Waals surface area contributed by atoms with Gasteiger partial charge >= 0.3 is 18.0 Å². The molecule has 0 unspecified atom stereocenters. The van der Waals surface area contributed by atoms with Crippen LogP contribution >= 0.6 is 0 Å². The maximum Gasteiger partial charge on any atom is 0.325 e. The molecule has 0 radical (unpaired) electrons. The molecule has 0 N–H and O–H groups in total. The molecule has 9 heteroatoms. The topological polar surface area (TPSA) is 94.1 Å². The van der Waals surface area contributed by atoms with Crippen LogP contribution in [0.1, 0.15) is 69.3 Å². The van der Waals surface area contributed by atoms with Gasteiger partial charge in [0.05, 0.1) is 59.5 Å². The first kappa shape index (κ1) is 36.8. The van der Waals surface area contributed by atoms with Crippen molar-refractivity contribution in [2.45, 2.75) is 80.6 Å². The lowest BCUT2D eigenvalue weighted by Gasteiger charge is -2.12. The first-order valence-electron chi connectivity index (χ1n) is 16.8. The Morgan fingerprint density at radius 1 is 0.375 bits per heavy atom. The van der Waals surface area contributed by atoms with Crippen molar-refractivity contribution in [3.05, 3.63) is 105 Å². The largest absolute Gasteiger partial charge is 0.463 e. The summed E-state index contributed by atoms with van der Waals surface area (Å²) in [6, 6.07) is 19.3. The molecular weight excluding hydrogens is 606 g/mol. The van der Waals surface area contributed by atoms with Gasteiger partial charge < -0.3 is 28.4 Å². The molecular formula is C39H51N3O6. The van der Waals surface area contributed by atoms with Crippen molar-refractivity contribution in [3.8, 4) is 18.0 Å². The minimum atomic E-state index is 0.155. The van der Waals surface area contributed by atoms with Crippen molar-refractivity contribution in [1.82, 2.24) is 15.0 Å². The molecule has 0 aliphatic rings. The SMILES string of the molecule is Cc1cccc(C)c1COCCCOc1nc(OCCCOCc2c(C)cccc2C)nc(OCCCOCc2c(C)cccc2C)n1. The van der Waals surface area contributed by atoms with Crippen LogP contribution in [-0.2, 0) is 34.0 Å². The summed E-state index contributed by atoms with van der Waals surface area (Å²) >= 11 is 0. The number of hydrogen-bond acceptors (Lipinski definition) is 9. The Morgan fingerprint density at radius 3 is 0.875 bits per heavy atom. The molecule has 258 valence electrons. The smallest absolute Gasteiger partial charge is 0.325 e. The molecule has 0 aliphatic carbocycles. The van der Waals surface area contributed by atoms with E-state index in [1.54, 1.807) is 0 Å². The molecule has 0 spiro atoms. The highest BCUT2D eigenvalue weighted by atomic mass is 16.5. The number of hydrogen-bond donors (Lipinski definition) is 0. The maximum absolute atomic E-state index is 5.91. The molecule has 1 aromatic heterocycles. The van der Waals surface area contributed by atoms with Gasteiger partial charge in [0.2, 0.25) is 0 Å². The molecule has 0 fully saturated rings. The predicted octanol–water partition coefficient (Wildman–Crippen LogP) is 7.68. The van der Waals surface area contributed by atoms with Gasteiger partial charge in [0, 0.05) is 19.3 Å². The van der Waals surface area contributed by atoms with Crippen LogP contribution in [0.15, 0.2) is 54.6 Å². The number of aromatic nitrogens is 3. The molecule has 0 aliphatic heterocycles. The van der Waals surface area contributed by atoms with Crippen molar-refractivity contribution >= 4 is 0 Å². The molecule has 4 rings (SSSR count). The summed E-state index contributed by atoms with van der Waals surface area (Å²) in [5.74, 6) is 0. The van der Waals surface area contributed by atoms with E-state index in [-0.39, 0.29) is 18.0 Å². The number of aryl methyl sites for hydroxylation is 6. The molecule has 1 heterocycles. The fraction of sp³-hybridized carbons (Fsp3) is 0.462. The summed E-state index contributed by atoms with van der Waals surface area (Å²) in [5, 5.41) is 0. The first-order chi connectivity index (χ1) is 23.3. The predicted molar refractivity (Wildman–Crippen MR) is 187 cm³/mol. The van der Waals surface area contributed by atoms with E-state index in [2.05, 4.69) is 111 Å². The number of nitrogens with zero attached hydrogens (tertiary/aromatic N) is 3. The third-order valence-corrected chi connectivity index (χ3v) is 8.24. The van der Waals surface area contributed by atoms with E-state index < -0.39 is 0 Å². The molecule has 0 saturated heterocycles. The van der Waals surface area contributed by atoms with Crippen LogP contribution in [0.3, 0.4) is 0 Å². The second-order valence-electron chi connectivity index (χ2n) is 12.1. The number of ether oxygens (including phenoxy) is 6. The number of benzene rings is 3. The van der Waals surface area contributed by atoms with Gasteiger partial charge in [-0.2, -0.15) is 0 Å². The Bertz CT molecular complexity index is 1320. The highest BCUT2D eigenvalue weighted by Gasteiger charge is 2.11. The quantitative estimate of drug-likeness (QED) is 0.0837. The van der Waals surface area contributed by atoms with Crippen LogP contribution < -0.4 is 14.2 Å². The second kappa shape index (κ2) is 19.7. The Kier molecular flexibility index (Phi) is 15.1. The summed E-state index contributed by atoms with van der Waals surface area (Å²) in [7, 11) is 0. The first-order valence-corrected chi connectivity index (χ1v) is 16.8. The van der Waals surface area contributed by atoms with Crippen molar-refractivity contribution in [2.75, 3.05) is 39.6 Å². The average Bonchev–Trinajstić information content (AvgIpc) is 3.05. The van der Waals surface area contributed by atoms with Gasteiger partial charge in [0.1, 0.15) is 0 Å². The minimum absolute atomic E-state index is 0.155. The van der Waals surface area contributed by atoms with Gasteiger partial charge in [0.15, 0.2) is 0 Å². The second-order valence-corrected chi connectivity index (χ2v) is 12.1. The van der Waals surface area contributed by atoms with E-state index >= 15 is 0 Å². The van der Waals surface area contributed by atoms with Crippen molar-refractivity contribution < 1.29 is 28.4 Å². The molecule has 0 amide bonds. The summed E-state index contributed by atoms with van der Waals surface area (Å²) in [4.78, 5) is 13.1. The average molecular weight is 658 g/mol. The molecule has 48 heavy (non-hydrogen) atoms. The van der Waals surface area contributed by atoms with Crippen molar-refractivity contribution in [3.63, 3.8) is 0 Å². The van der Waals surface area contributed by atoms with E-state index in [1.165, 1.54) is 50.1 Å². The van der Waals surface area contributed by atoms with Crippen LogP contribution in [-0.4, -0.2) is 54.6 Å². The van der Waals surface area contributed by atoms with Crippen LogP contribution in [0.25, 0.3) is 0 Å². The van der Waals surface area contributed by atoms with Crippen LogP contribution in [0.4, 0.5) is 0 Å². The van der Waals surface area contributed by atoms with Crippen molar-refractivity contribution in [1.29, 1.82) is 0 Å². The molecule has 0 bridgehead atoms. The highest BCUT2D eigenvalue weighted by molar-refractivity contribution is 5.34. The highest BCUT2D eigenvalue weighted by Crippen LogP contribution is 2.18. The molecule has 3 aromatic carbocycles. The van der Waals surface area contributed by atoms with Crippen LogP contribution in [0, 0.1) is 41.5 Å². The molecule has 0 atom stereocenters. The van der Waals surface area contributed by atoms with E-state index in [4.69, 9.17) is 28.4 Å². The zero-order chi connectivity index (χ0) is 34.1. The van der Waals surface area contributed by atoms with Gasteiger partial charge in [0.25, 0.3) is 0 Å². The maximum atomic E-state index is 5.91. The monoisotopic (exact) mass is 657 g/mol. The lowest BCUT2D eigenvalue weighted by Crippen LogP contribution is -2.11. The number of rotatable bonds is 21. The summed E-state index contributed by atoms with van der Waals surface area (Å²) in [5.41, 5.74) is 11.1. The normalized spacial score (nSPS) is 11.1. The lowest BCUT2D eigenvalue weighted by atomic mass is 10.0. The lowest BCUT2D eigenvalue weighted by molar-refractivity contribution is 0.101. The van der Waals surface area contributed by atoms with Gasteiger partial charge in [-0.3, -0.25) is 0 Å². The molecule has 0 saturated carbocycles. The standard InChI is InChI=1S/C39H51N3O6/c1-28-13-7-14-29(2)34(28)25-43-19-10-22-46-37-40-38(47-23-11-20-44-26-35-30(3)15-8-16-31(35)4)42-39(41-37)48-24-12-21-45-27-36-32(5)17-9-18-33(36)6/h7-9,13-18H,10-12,19-27H2,1-6H3. The Balaban J connectivity index is 1.23. The van der Waals surface area contributed by atoms with Gasteiger partial charge in [-0.1, -0.05) is 54.6 Å². The summed E-state index contributed by atoms with van der Waals surface area (Å²) in [6.45, 7) is 17.1. The van der Waals surface area contributed by atoms with E-state index in [1.807, 2.05) is 0 Å². The molecule has 9 nitrogen and oxygen atoms in total. The van der Waals surface area contributed by atoms with Gasteiger partial charge in [-0.05, 0) is 91.6 Å². The molecule has 4 aromatic rings. The summed E-state index contributed by atoms with van der Waals surface area (Å²) in [6.07, 6.45) is 2.04. The van der Waals surface area contributed by atoms with Gasteiger partial charge in [-0.15, -0.1) is 15.0 Å². The van der Waals surface area contributed by atoms with Crippen molar-refractivity contribution in [2.24, 2.45) is 0 Å². The fourth-order valence-corrected chi connectivity index (χ4v) is 5.24. The summed E-state index contributed by atoms with van der Waals surface area (Å²) < 4.78 is 35.3. The third-order valence-electron chi connectivity index (χ3n) is 8.24. The van der Waals surface area contributed by atoms with E-state index in [9.17, 15) is 0 Å². The van der Waals surface area contributed by atoms with E-state index in [0.29, 0.717) is 78.7 Å². The zero-order valence-corrected chi connectivity index (χ0v) is 29.5. The third kappa shape index (κ3) is 11.9. The van der Waals surface area contributed by atoms with Gasteiger partial charge in [-0.25, -0.2) is 0 Å². The van der Waals surface area contributed by atoms with Crippen LogP contribution in [0.2, 0.25) is 0 Å². The Hall–Kier alpha value is -4.05. The fourth-order valence-electron chi connectivity index (χ4n) is 5.24. The minimum Gasteiger partial charge on any atom is -0.463 e. The Labute approximate surface area is 286 Å². The van der Waals surface area contributed by atoms with E-state index in [0.717, 1.165) is 0 Å². The zero-order valence-electron chi connectivity index (χ0n) is 29.5.